The molecule has 1 aromatic carbocycles. The molecule has 94 valence electrons. The van der Waals surface area contributed by atoms with Gasteiger partial charge in [-0.1, -0.05) is 0 Å². The average molecular weight is 260 g/mol. The number of anilines is 1. The minimum atomic E-state index is -0.994. The Bertz CT molecular complexity index is 426. The molecule has 1 aromatic rings. The summed E-state index contributed by atoms with van der Waals surface area (Å²) in [5.74, 6) is -1.88. The fourth-order valence-corrected chi connectivity index (χ4v) is 1.74. The van der Waals surface area contributed by atoms with E-state index in [9.17, 15) is 13.6 Å². The number of halogens is 2. The topological polar surface area (TPSA) is 46.3 Å². The number of benzene rings is 1. The Labute approximate surface area is 103 Å². The van der Waals surface area contributed by atoms with Gasteiger partial charge >= 0.3 is 0 Å². The smallest absolute Gasteiger partial charge is 0.259 e. The maximum absolute atomic E-state index is 13.6. The molecule has 0 saturated carbocycles. The van der Waals surface area contributed by atoms with Crippen molar-refractivity contribution in [3.05, 3.63) is 29.3 Å². The number of amides is 1. The quantitative estimate of drug-likeness (QED) is 0.842. The van der Waals surface area contributed by atoms with Gasteiger partial charge in [0.15, 0.2) is 5.82 Å². The van der Waals surface area contributed by atoms with Crippen LogP contribution in [0.2, 0.25) is 0 Å². The summed E-state index contributed by atoms with van der Waals surface area (Å²) in [4.78, 5) is 13.1. The molecule has 2 N–H and O–H groups in total. The molecule has 0 bridgehead atoms. The molecule has 0 atom stereocenters. The molecule has 0 unspecified atom stereocenters. The number of nitrogens with two attached hydrogens (primary N) is 1. The van der Waals surface area contributed by atoms with Crippen molar-refractivity contribution in [3.63, 3.8) is 0 Å². The summed E-state index contributed by atoms with van der Waals surface area (Å²) in [7, 11) is 1.50. The molecule has 6 heteroatoms. The number of carbonyl (C=O) groups is 1. The zero-order chi connectivity index (χ0) is 13.0. The van der Waals surface area contributed by atoms with Crippen LogP contribution in [0.3, 0.4) is 0 Å². The van der Waals surface area contributed by atoms with E-state index in [1.165, 1.54) is 11.9 Å². The summed E-state index contributed by atoms with van der Waals surface area (Å²) < 4.78 is 27.0. The molecule has 3 nitrogen and oxygen atoms in total. The SMILES string of the molecule is CSCCN(C)C(=O)c1c(F)ccc(N)c1F. The van der Waals surface area contributed by atoms with Gasteiger partial charge in [0.1, 0.15) is 11.4 Å². The Kier molecular flexibility index (Phi) is 4.74. The third-order valence-electron chi connectivity index (χ3n) is 2.31. The highest BCUT2D eigenvalue weighted by atomic mass is 32.2. The van der Waals surface area contributed by atoms with Gasteiger partial charge in [-0.05, 0) is 18.4 Å². The van der Waals surface area contributed by atoms with Crippen LogP contribution >= 0.6 is 11.8 Å². The van der Waals surface area contributed by atoms with E-state index in [1.54, 1.807) is 11.8 Å². The van der Waals surface area contributed by atoms with Gasteiger partial charge in [-0.25, -0.2) is 8.78 Å². The van der Waals surface area contributed by atoms with Gasteiger partial charge in [0.2, 0.25) is 0 Å². The van der Waals surface area contributed by atoms with Gasteiger partial charge in [-0.2, -0.15) is 11.8 Å². The zero-order valence-electron chi connectivity index (χ0n) is 9.67. The summed E-state index contributed by atoms with van der Waals surface area (Å²) in [6, 6.07) is 2.09. The van der Waals surface area contributed by atoms with Crippen molar-refractivity contribution in [3.8, 4) is 0 Å². The van der Waals surface area contributed by atoms with Crippen molar-refractivity contribution in [2.24, 2.45) is 0 Å². The van der Waals surface area contributed by atoms with E-state index in [4.69, 9.17) is 5.73 Å². The Morgan fingerprint density at radius 3 is 2.71 bits per heavy atom. The lowest BCUT2D eigenvalue weighted by molar-refractivity contribution is 0.0794. The third kappa shape index (κ3) is 3.09. The van der Waals surface area contributed by atoms with Gasteiger partial charge in [0.05, 0.1) is 5.69 Å². The van der Waals surface area contributed by atoms with Crippen molar-refractivity contribution in [2.45, 2.75) is 0 Å². The van der Waals surface area contributed by atoms with Crippen LogP contribution in [0.15, 0.2) is 12.1 Å². The zero-order valence-corrected chi connectivity index (χ0v) is 10.5. The number of carbonyl (C=O) groups excluding carboxylic acids is 1. The monoisotopic (exact) mass is 260 g/mol. The molecule has 1 amide bonds. The first-order valence-electron chi connectivity index (χ1n) is 4.97. The highest BCUT2D eigenvalue weighted by Crippen LogP contribution is 2.20. The first kappa shape index (κ1) is 13.8. The summed E-state index contributed by atoms with van der Waals surface area (Å²) in [5, 5.41) is 0. The van der Waals surface area contributed by atoms with Crippen LogP contribution in [0.1, 0.15) is 10.4 Å². The third-order valence-corrected chi connectivity index (χ3v) is 2.90. The maximum atomic E-state index is 13.6. The molecule has 0 radical (unpaired) electrons. The van der Waals surface area contributed by atoms with Crippen molar-refractivity contribution < 1.29 is 13.6 Å². The van der Waals surface area contributed by atoms with E-state index < -0.39 is 23.1 Å². The lowest BCUT2D eigenvalue weighted by Gasteiger charge is -2.17. The summed E-state index contributed by atoms with van der Waals surface area (Å²) >= 11 is 1.55. The molecule has 0 aliphatic rings. The Morgan fingerprint density at radius 2 is 2.12 bits per heavy atom. The lowest BCUT2D eigenvalue weighted by Crippen LogP contribution is -2.30. The van der Waals surface area contributed by atoms with Gasteiger partial charge in [0, 0.05) is 19.3 Å². The highest BCUT2D eigenvalue weighted by Gasteiger charge is 2.22. The number of rotatable bonds is 4. The predicted octanol–water partition coefficient (Wildman–Crippen LogP) is 1.98. The van der Waals surface area contributed by atoms with E-state index in [0.29, 0.717) is 12.3 Å². The highest BCUT2D eigenvalue weighted by molar-refractivity contribution is 7.98. The van der Waals surface area contributed by atoms with E-state index in [2.05, 4.69) is 0 Å². The van der Waals surface area contributed by atoms with Crippen LogP contribution < -0.4 is 5.73 Å². The second-order valence-corrected chi connectivity index (χ2v) is 4.53. The number of nitrogen functional groups attached to an aromatic ring is 1. The second kappa shape index (κ2) is 5.86. The largest absolute Gasteiger partial charge is 0.396 e. The molecule has 0 aliphatic carbocycles. The number of nitrogens with zero attached hydrogens (tertiary/aromatic N) is 1. The minimum Gasteiger partial charge on any atom is -0.396 e. The van der Waals surface area contributed by atoms with Crippen molar-refractivity contribution in [1.82, 2.24) is 4.90 Å². The first-order valence-corrected chi connectivity index (χ1v) is 6.36. The summed E-state index contributed by atoms with van der Waals surface area (Å²) in [5.41, 5.74) is 4.49. The van der Waals surface area contributed by atoms with E-state index in [-0.39, 0.29) is 5.69 Å². The van der Waals surface area contributed by atoms with Crippen molar-refractivity contribution >= 4 is 23.4 Å². The molecule has 1 rings (SSSR count). The Morgan fingerprint density at radius 1 is 1.47 bits per heavy atom. The van der Waals surface area contributed by atoms with Crippen molar-refractivity contribution in [2.75, 3.05) is 31.3 Å². The maximum Gasteiger partial charge on any atom is 0.259 e. The lowest BCUT2D eigenvalue weighted by atomic mass is 10.1. The van der Waals surface area contributed by atoms with Crippen LogP contribution in [-0.4, -0.2) is 36.4 Å². The molecule has 0 spiro atoms. The minimum absolute atomic E-state index is 0.229. The summed E-state index contributed by atoms with van der Waals surface area (Å²) in [6.45, 7) is 0.424. The molecule has 0 heterocycles. The fourth-order valence-electron chi connectivity index (χ4n) is 1.29. The molecule has 17 heavy (non-hydrogen) atoms. The second-order valence-electron chi connectivity index (χ2n) is 3.55. The number of thioether (sulfide) groups is 1. The first-order chi connectivity index (χ1) is 7.99. The van der Waals surface area contributed by atoms with Crippen molar-refractivity contribution in [1.29, 1.82) is 0 Å². The van der Waals surface area contributed by atoms with Crippen LogP contribution in [0.25, 0.3) is 0 Å². The number of hydrogen-bond acceptors (Lipinski definition) is 3. The molecule has 0 saturated heterocycles. The van der Waals surface area contributed by atoms with E-state index >= 15 is 0 Å². The molecule has 0 aromatic heterocycles. The van der Waals surface area contributed by atoms with E-state index in [1.807, 2.05) is 6.26 Å². The standard InChI is InChI=1S/C11H14F2N2OS/c1-15(5-6-17-2)11(16)9-7(12)3-4-8(14)10(9)13/h3-4H,5-6,14H2,1-2H3. The van der Waals surface area contributed by atoms with Crippen LogP contribution in [0.5, 0.6) is 0 Å². The average Bonchev–Trinajstić information content (AvgIpc) is 2.31. The van der Waals surface area contributed by atoms with Gasteiger partial charge < -0.3 is 10.6 Å². The van der Waals surface area contributed by atoms with Gasteiger partial charge in [-0.3, -0.25) is 4.79 Å². The van der Waals surface area contributed by atoms with Crippen LogP contribution in [0, 0.1) is 11.6 Å². The molecule has 0 aliphatic heterocycles. The molecular weight excluding hydrogens is 246 g/mol. The molecular formula is C11H14F2N2OS. The van der Waals surface area contributed by atoms with Gasteiger partial charge in [-0.15, -0.1) is 0 Å². The predicted molar refractivity (Wildman–Crippen MR) is 66.1 cm³/mol. The normalized spacial score (nSPS) is 10.4. The van der Waals surface area contributed by atoms with Crippen LogP contribution in [-0.2, 0) is 0 Å². The summed E-state index contributed by atoms with van der Waals surface area (Å²) in [6.07, 6.45) is 1.89. The van der Waals surface area contributed by atoms with E-state index in [0.717, 1.165) is 12.1 Å². The number of hydrogen-bond donors (Lipinski definition) is 1. The fraction of sp³-hybridized carbons (Fsp3) is 0.364. The Hall–Kier alpha value is -1.30. The van der Waals surface area contributed by atoms with Crippen LogP contribution in [0.4, 0.5) is 14.5 Å². The Balaban J connectivity index is 2.99. The van der Waals surface area contributed by atoms with Gasteiger partial charge in [0.25, 0.3) is 5.91 Å². The molecule has 0 fully saturated rings.